The molecule has 2 heteroatoms. The van der Waals surface area contributed by atoms with Crippen LogP contribution in [-0.4, -0.2) is 23.9 Å². The molecule has 1 aliphatic rings. The lowest BCUT2D eigenvalue weighted by atomic mass is 9.76. The molecule has 12 heavy (non-hydrogen) atoms. The molecular formula is C10H20O2. The van der Waals surface area contributed by atoms with Crippen molar-refractivity contribution in [2.45, 2.75) is 51.0 Å². The summed E-state index contributed by atoms with van der Waals surface area (Å²) in [6, 6.07) is 0. The molecule has 0 aromatic carbocycles. The zero-order valence-electron chi connectivity index (χ0n) is 8.01. The second-order valence-corrected chi connectivity index (χ2v) is 3.71. The third-order valence-electron chi connectivity index (χ3n) is 2.75. The van der Waals surface area contributed by atoms with Crippen LogP contribution in [0.25, 0.3) is 0 Å². The summed E-state index contributed by atoms with van der Waals surface area (Å²) in [7, 11) is 0. The molecule has 0 aliphatic heterocycles. The van der Waals surface area contributed by atoms with Gasteiger partial charge in [-0.05, 0) is 25.7 Å². The maximum absolute atomic E-state index is 8.65. The van der Waals surface area contributed by atoms with Crippen LogP contribution in [-0.2, 0) is 4.74 Å². The van der Waals surface area contributed by atoms with Crippen LogP contribution in [0.2, 0.25) is 0 Å². The average molecular weight is 172 g/mol. The molecule has 0 bridgehead atoms. The van der Waals surface area contributed by atoms with Gasteiger partial charge in [0, 0.05) is 0 Å². The van der Waals surface area contributed by atoms with Crippen LogP contribution in [0.1, 0.15) is 45.4 Å². The first kappa shape index (κ1) is 10.0. The number of ether oxygens (including phenoxy) is 1. The molecule has 0 radical (unpaired) electrons. The van der Waals surface area contributed by atoms with Gasteiger partial charge in [0.15, 0.2) is 0 Å². The van der Waals surface area contributed by atoms with Crippen LogP contribution >= 0.6 is 0 Å². The van der Waals surface area contributed by atoms with Gasteiger partial charge in [0.2, 0.25) is 0 Å². The molecular weight excluding hydrogens is 152 g/mol. The molecule has 0 amide bonds. The molecule has 1 rings (SSSR count). The van der Waals surface area contributed by atoms with E-state index in [1.165, 1.54) is 38.5 Å². The first-order chi connectivity index (χ1) is 5.83. The van der Waals surface area contributed by atoms with Crippen LogP contribution in [0.5, 0.6) is 0 Å². The minimum Gasteiger partial charge on any atom is -0.394 e. The molecule has 2 nitrogen and oxygen atoms in total. The molecule has 1 saturated carbocycles. The summed E-state index contributed by atoms with van der Waals surface area (Å²) in [6.45, 7) is 2.88. The van der Waals surface area contributed by atoms with E-state index in [0.29, 0.717) is 6.61 Å². The van der Waals surface area contributed by atoms with Gasteiger partial charge in [-0.15, -0.1) is 0 Å². The van der Waals surface area contributed by atoms with Crippen molar-refractivity contribution >= 4 is 0 Å². The number of rotatable bonds is 6. The smallest absolute Gasteiger partial charge is 0.0705 e. The van der Waals surface area contributed by atoms with Crippen molar-refractivity contribution in [3.8, 4) is 0 Å². The van der Waals surface area contributed by atoms with E-state index in [0.717, 1.165) is 0 Å². The highest BCUT2D eigenvalue weighted by Gasteiger charge is 2.36. The first-order valence-electron chi connectivity index (χ1n) is 5.08. The van der Waals surface area contributed by atoms with Crippen LogP contribution in [0.4, 0.5) is 0 Å². The molecule has 1 aliphatic carbocycles. The third kappa shape index (κ3) is 2.46. The Morgan fingerprint density at radius 3 is 2.58 bits per heavy atom. The Morgan fingerprint density at radius 2 is 2.17 bits per heavy atom. The number of hydrogen-bond acceptors (Lipinski definition) is 2. The fraction of sp³-hybridized carbons (Fsp3) is 1.00. The van der Waals surface area contributed by atoms with Gasteiger partial charge in [0.25, 0.3) is 0 Å². The molecule has 0 atom stereocenters. The summed E-state index contributed by atoms with van der Waals surface area (Å²) in [4.78, 5) is 0. The lowest BCUT2D eigenvalue weighted by molar-refractivity contribution is -0.114. The number of unbranched alkanes of at least 4 members (excludes halogenated alkanes) is 1. The molecule has 0 aromatic rings. The van der Waals surface area contributed by atoms with Crippen LogP contribution in [0, 0.1) is 0 Å². The number of aliphatic hydroxyl groups is 1. The van der Waals surface area contributed by atoms with Gasteiger partial charge in [0.05, 0.1) is 18.8 Å². The van der Waals surface area contributed by atoms with E-state index < -0.39 is 0 Å². The molecule has 0 unspecified atom stereocenters. The Hall–Kier alpha value is -0.0800. The van der Waals surface area contributed by atoms with E-state index >= 15 is 0 Å². The van der Waals surface area contributed by atoms with Gasteiger partial charge in [-0.3, -0.25) is 0 Å². The summed E-state index contributed by atoms with van der Waals surface area (Å²) in [6.07, 6.45) is 7.38. The topological polar surface area (TPSA) is 29.5 Å². The average Bonchev–Trinajstić information content (AvgIpc) is 2.02. The third-order valence-corrected chi connectivity index (χ3v) is 2.75. The normalized spacial score (nSPS) is 20.5. The van der Waals surface area contributed by atoms with Gasteiger partial charge in [-0.2, -0.15) is 0 Å². The minimum absolute atomic E-state index is 0.161. The van der Waals surface area contributed by atoms with Gasteiger partial charge >= 0.3 is 0 Å². The predicted molar refractivity (Wildman–Crippen MR) is 49.1 cm³/mol. The second kappa shape index (κ2) is 4.83. The van der Waals surface area contributed by atoms with Crippen LogP contribution in [0.3, 0.4) is 0 Å². The van der Waals surface area contributed by atoms with Gasteiger partial charge < -0.3 is 9.84 Å². The maximum Gasteiger partial charge on any atom is 0.0705 e. The predicted octanol–water partition coefficient (Wildman–Crippen LogP) is 2.11. The monoisotopic (exact) mass is 172 g/mol. The van der Waals surface area contributed by atoms with Crippen molar-refractivity contribution in [3.63, 3.8) is 0 Å². The van der Waals surface area contributed by atoms with Crippen molar-refractivity contribution < 1.29 is 9.84 Å². The molecule has 0 aromatic heterocycles. The Morgan fingerprint density at radius 1 is 1.42 bits per heavy atom. The van der Waals surface area contributed by atoms with Crippen molar-refractivity contribution in [3.05, 3.63) is 0 Å². The molecule has 0 heterocycles. The Labute approximate surface area is 74.9 Å². The lowest BCUT2D eigenvalue weighted by Crippen LogP contribution is -2.40. The van der Waals surface area contributed by atoms with Gasteiger partial charge in [0.1, 0.15) is 0 Å². The lowest BCUT2D eigenvalue weighted by Gasteiger charge is -2.41. The molecule has 1 N–H and O–H groups in total. The molecule has 0 saturated heterocycles. The van der Waals surface area contributed by atoms with E-state index in [9.17, 15) is 0 Å². The highest BCUT2D eigenvalue weighted by atomic mass is 16.5. The summed E-state index contributed by atoms with van der Waals surface area (Å²) in [5.74, 6) is 0. The standard InChI is InChI=1S/C10H20O2/c1-2-3-5-10(6-4-7-10)12-9-8-11/h11H,2-9H2,1H3. The molecule has 1 fully saturated rings. The van der Waals surface area contributed by atoms with E-state index in [1.807, 2.05) is 0 Å². The summed E-state index contributed by atoms with van der Waals surface area (Å²) < 4.78 is 5.67. The summed E-state index contributed by atoms with van der Waals surface area (Å²) in [5.41, 5.74) is 0.165. The quantitative estimate of drug-likeness (QED) is 0.665. The summed E-state index contributed by atoms with van der Waals surface area (Å²) in [5, 5.41) is 8.65. The van der Waals surface area contributed by atoms with E-state index in [1.54, 1.807) is 0 Å². The fourth-order valence-corrected chi connectivity index (χ4v) is 1.80. The fourth-order valence-electron chi connectivity index (χ4n) is 1.80. The van der Waals surface area contributed by atoms with Gasteiger partial charge in [-0.1, -0.05) is 19.8 Å². The van der Waals surface area contributed by atoms with Crippen molar-refractivity contribution in [2.24, 2.45) is 0 Å². The van der Waals surface area contributed by atoms with Crippen molar-refractivity contribution in [1.29, 1.82) is 0 Å². The SMILES string of the molecule is CCCCC1(OCCO)CCC1. The highest BCUT2D eigenvalue weighted by Crippen LogP contribution is 2.39. The Kier molecular flexibility index (Phi) is 4.02. The minimum atomic E-state index is 0.161. The zero-order chi connectivity index (χ0) is 8.86. The summed E-state index contributed by atoms with van der Waals surface area (Å²) >= 11 is 0. The van der Waals surface area contributed by atoms with E-state index in [4.69, 9.17) is 9.84 Å². The van der Waals surface area contributed by atoms with Crippen molar-refractivity contribution in [1.82, 2.24) is 0 Å². The van der Waals surface area contributed by atoms with Crippen LogP contribution < -0.4 is 0 Å². The maximum atomic E-state index is 8.65. The number of aliphatic hydroxyl groups excluding tert-OH is 1. The Balaban J connectivity index is 2.19. The van der Waals surface area contributed by atoms with Crippen LogP contribution in [0.15, 0.2) is 0 Å². The van der Waals surface area contributed by atoms with E-state index in [-0.39, 0.29) is 12.2 Å². The zero-order valence-corrected chi connectivity index (χ0v) is 8.01. The number of hydrogen-bond donors (Lipinski definition) is 1. The molecule has 0 spiro atoms. The van der Waals surface area contributed by atoms with E-state index in [2.05, 4.69) is 6.92 Å². The van der Waals surface area contributed by atoms with Gasteiger partial charge in [-0.25, -0.2) is 0 Å². The second-order valence-electron chi connectivity index (χ2n) is 3.71. The molecule has 72 valence electrons. The van der Waals surface area contributed by atoms with Crippen molar-refractivity contribution in [2.75, 3.05) is 13.2 Å². The Bertz CT molecular complexity index is 109. The first-order valence-corrected chi connectivity index (χ1v) is 5.08. The largest absolute Gasteiger partial charge is 0.394 e. The highest BCUT2D eigenvalue weighted by molar-refractivity contribution is 4.89.